The molecule has 0 aliphatic carbocycles. The Kier molecular flexibility index (Phi) is 3.26. The van der Waals surface area contributed by atoms with Gasteiger partial charge in [-0.05, 0) is 18.7 Å². The third-order valence-electron chi connectivity index (χ3n) is 2.19. The Balaban J connectivity index is 1.97. The number of anilines is 1. The van der Waals surface area contributed by atoms with Crippen molar-refractivity contribution in [3.8, 4) is 11.5 Å². The first-order chi connectivity index (χ1) is 7.79. The Morgan fingerprint density at radius 3 is 3.00 bits per heavy atom. The normalized spacial score (nSPS) is 12.6. The number of ether oxygens (including phenoxy) is 2. The minimum atomic E-state index is -0.0688. The molecule has 0 radical (unpaired) electrons. The number of likely N-dealkylation sites (N-methyl/N-ethyl adjacent to an activating group) is 1. The van der Waals surface area contributed by atoms with Crippen LogP contribution in [0.2, 0.25) is 0 Å². The third kappa shape index (κ3) is 2.43. The fraction of sp³-hybridized carbons (Fsp3) is 0.364. The second kappa shape index (κ2) is 4.85. The molecule has 0 bridgehead atoms. The van der Waals surface area contributed by atoms with Crippen LogP contribution in [0.4, 0.5) is 5.69 Å². The molecule has 1 heterocycles. The minimum absolute atomic E-state index is 0.0688. The van der Waals surface area contributed by atoms with Gasteiger partial charge in [0.1, 0.15) is 0 Å². The molecule has 16 heavy (non-hydrogen) atoms. The van der Waals surface area contributed by atoms with Crippen molar-refractivity contribution in [1.29, 1.82) is 0 Å². The maximum atomic E-state index is 11.4. The lowest BCUT2D eigenvalue weighted by Crippen LogP contribution is -2.27. The van der Waals surface area contributed by atoms with E-state index in [0.29, 0.717) is 23.7 Å². The van der Waals surface area contributed by atoms with Crippen LogP contribution in [0.15, 0.2) is 18.2 Å². The highest BCUT2D eigenvalue weighted by Gasteiger charge is 2.13. The van der Waals surface area contributed by atoms with Crippen LogP contribution >= 0.6 is 0 Å². The lowest BCUT2D eigenvalue weighted by molar-refractivity contribution is -0.115. The van der Waals surface area contributed by atoms with Crippen LogP contribution in [-0.4, -0.2) is 25.8 Å². The Bertz CT molecular complexity index is 393. The van der Waals surface area contributed by atoms with E-state index in [2.05, 4.69) is 10.6 Å². The molecule has 0 aromatic heterocycles. The predicted molar refractivity (Wildman–Crippen MR) is 59.7 cm³/mol. The van der Waals surface area contributed by atoms with Crippen LogP contribution < -0.4 is 20.1 Å². The number of amides is 1. The van der Waals surface area contributed by atoms with Gasteiger partial charge in [0.05, 0.1) is 6.54 Å². The van der Waals surface area contributed by atoms with Crippen LogP contribution in [0.5, 0.6) is 11.5 Å². The van der Waals surface area contributed by atoms with Crippen LogP contribution in [0.3, 0.4) is 0 Å². The van der Waals surface area contributed by atoms with Crippen LogP contribution in [-0.2, 0) is 4.79 Å². The number of hydrogen-bond acceptors (Lipinski definition) is 4. The van der Waals surface area contributed by atoms with Gasteiger partial charge in [0.25, 0.3) is 0 Å². The van der Waals surface area contributed by atoms with E-state index in [1.165, 1.54) is 0 Å². The van der Waals surface area contributed by atoms with Gasteiger partial charge in [0, 0.05) is 11.8 Å². The van der Waals surface area contributed by atoms with Crippen LogP contribution in [0.1, 0.15) is 6.92 Å². The lowest BCUT2D eigenvalue weighted by atomic mass is 10.3. The largest absolute Gasteiger partial charge is 0.454 e. The minimum Gasteiger partial charge on any atom is -0.454 e. The zero-order valence-electron chi connectivity index (χ0n) is 9.08. The molecular weight excluding hydrogens is 208 g/mol. The molecule has 0 spiro atoms. The molecule has 1 aliphatic heterocycles. The van der Waals surface area contributed by atoms with Gasteiger partial charge in [-0.2, -0.15) is 0 Å². The monoisotopic (exact) mass is 222 g/mol. The van der Waals surface area contributed by atoms with Gasteiger partial charge >= 0.3 is 0 Å². The highest BCUT2D eigenvalue weighted by molar-refractivity contribution is 5.92. The zero-order chi connectivity index (χ0) is 11.4. The number of benzene rings is 1. The van der Waals surface area contributed by atoms with E-state index in [9.17, 15) is 4.79 Å². The van der Waals surface area contributed by atoms with Crippen molar-refractivity contribution in [2.45, 2.75) is 6.92 Å². The summed E-state index contributed by atoms with van der Waals surface area (Å²) in [7, 11) is 0. The summed E-state index contributed by atoms with van der Waals surface area (Å²) in [5.74, 6) is 1.31. The molecule has 0 atom stereocenters. The maximum Gasteiger partial charge on any atom is 0.238 e. The number of fused-ring (bicyclic) bond motifs is 1. The highest BCUT2D eigenvalue weighted by Crippen LogP contribution is 2.34. The topological polar surface area (TPSA) is 59.6 Å². The van der Waals surface area contributed by atoms with E-state index in [1.807, 2.05) is 6.92 Å². The quantitative estimate of drug-likeness (QED) is 0.796. The second-order valence-electron chi connectivity index (χ2n) is 3.40. The molecule has 0 fully saturated rings. The first kappa shape index (κ1) is 10.8. The molecule has 2 N–H and O–H groups in total. The number of hydrogen-bond donors (Lipinski definition) is 2. The Morgan fingerprint density at radius 2 is 2.19 bits per heavy atom. The average molecular weight is 222 g/mol. The molecule has 5 nitrogen and oxygen atoms in total. The van der Waals surface area contributed by atoms with Crippen molar-refractivity contribution < 1.29 is 14.3 Å². The van der Waals surface area contributed by atoms with Crippen molar-refractivity contribution in [2.24, 2.45) is 0 Å². The summed E-state index contributed by atoms with van der Waals surface area (Å²) >= 11 is 0. The number of carbonyl (C=O) groups is 1. The zero-order valence-corrected chi connectivity index (χ0v) is 9.08. The molecule has 86 valence electrons. The van der Waals surface area contributed by atoms with Gasteiger partial charge in [-0.25, -0.2) is 0 Å². The number of rotatable bonds is 4. The molecule has 2 rings (SSSR count). The van der Waals surface area contributed by atoms with E-state index in [-0.39, 0.29) is 12.7 Å². The average Bonchev–Trinajstić information content (AvgIpc) is 2.73. The second-order valence-corrected chi connectivity index (χ2v) is 3.40. The molecule has 0 saturated heterocycles. The fourth-order valence-electron chi connectivity index (χ4n) is 1.42. The smallest absolute Gasteiger partial charge is 0.238 e. The summed E-state index contributed by atoms with van der Waals surface area (Å²) in [6.45, 7) is 3.28. The summed E-state index contributed by atoms with van der Waals surface area (Å²) in [6.07, 6.45) is 0. The molecule has 5 heteroatoms. The fourth-order valence-corrected chi connectivity index (χ4v) is 1.42. The van der Waals surface area contributed by atoms with E-state index >= 15 is 0 Å². The van der Waals surface area contributed by atoms with E-state index < -0.39 is 0 Å². The molecule has 1 aromatic rings. The van der Waals surface area contributed by atoms with Gasteiger partial charge in [0.2, 0.25) is 12.7 Å². The van der Waals surface area contributed by atoms with Crippen molar-refractivity contribution in [3.05, 3.63) is 18.2 Å². The van der Waals surface area contributed by atoms with Crippen LogP contribution in [0.25, 0.3) is 0 Å². The highest BCUT2D eigenvalue weighted by atomic mass is 16.7. The summed E-state index contributed by atoms with van der Waals surface area (Å²) < 4.78 is 10.4. The van der Waals surface area contributed by atoms with Gasteiger partial charge in [0.15, 0.2) is 11.5 Å². The summed E-state index contributed by atoms with van der Waals surface area (Å²) in [6, 6.07) is 5.33. The first-order valence-corrected chi connectivity index (χ1v) is 5.20. The Morgan fingerprint density at radius 1 is 1.38 bits per heavy atom. The van der Waals surface area contributed by atoms with E-state index in [0.717, 1.165) is 6.54 Å². The first-order valence-electron chi connectivity index (χ1n) is 5.20. The van der Waals surface area contributed by atoms with Gasteiger partial charge in [-0.1, -0.05) is 6.92 Å². The third-order valence-corrected chi connectivity index (χ3v) is 2.19. The molecule has 1 aliphatic rings. The van der Waals surface area contributed by atoms with Crippen LogP contribution in [0, 0.1) is 0 Å². The van der Waals surface area contributed by atoms with Gasteiger partial charge < -0.3 is 20.1 Å². The Labute approximate surface area is 93.7 Å². The van der Waals surface area contributed by atoms with E-state index in [1.54, 1.807) is 18.2 Å². The number of nitrogens with one attached hydrogen (secondary N) is 2. The SMILES string of the molecule is CCNCC(=O)Nc1ccc2c(c1)OCO2. The molecule has 1 aromatic carbocycles. The predicted octanol–water partition coefficient (Wildman–Crippen LogP) is 0.963. The summed E-state index contributed by atoms with van der Waals surface area (Å²) in [5.41, 5.74) is 0.715. The van der Waals surface area contributed by atoms with Crippen molar-refractivity contribution >= 4 is 11.6 Å². The molecule has 0 saturated carbocycles. The van der Waals surface area contributed by atoms with Crippen molar-refractivity contribution in [2.75, 3.05) is 25.2 Å². The summed E-state index contributed by atoms with van der Waals surface area (Å²) in [4.78, 5) is 11.4. The van der Waals surface area contributed by atoms with Gasteiger partial charge in [-0.15, -0.1) is 0 Å². The van der Waals surface area contributed by atoms with Gasteiger partial charge in [-0.3, -0.25) is 4.79 Å². The maximum absolute atomic E-state index is 11.4. The Hall–Kier alpha value is -1.75. The van der Waals surface area contributed by atoms with Crippen molar-refractivity contribution in [1.82, 2.24) is 5.32 Å². The molecule has 1 amide bonds. The standard InChI is InChI=1S/C11H14N2O3/c1-2-12-6-11(14)13-8-3-4-9-10(5-8)16-7-15-9/h3-5,12H,2,6-7H2,1H3,(H,13,14). The van der Waals surface area contributed by atoms with E-state index in [4.69, 9.17) is 9.47 Å². The molecule has 0 unspecified atom stereocenters. The number of carbonyl (C=O) groups excluding carboxylic acids is 1. The lowest BCUT2D eigenvalue weighted by Gasteiger charge is -2.06. The summed E-state index contributed by atoms with van der Waals surface area (Å²) in [5, 5.41) is 5.72. The van der Waals surface area contributed by atoms with Crippen molar-refractivity contribution in [3.63, 3.8) is 0 Å². The molecular formula is C11H14N2O3.